The molecule has 30 heavy (non-hydrogen) atoms. The van der Waals surface area contributed by atoms with Crippen molar-refractivity contribution in [2.45, 2.75) is 62.4 Å². The van der Waals surface area contributed by atoms with Crippen LogP contribution < -0.4 is 0 Å². The van der Waals surface area contributed by atoms with Gasteiger partial charge < -0.3 is 9.32 Å². The number of amides is 1. The van der Waals surface area contributed by atoms with Crippen molar-refractivity contribution in [1.82, 2.24) is 19.7 Å². The molecule has 2 heterocycles. The Morgan fingerprint density at radius 2 is 1.90 bits per heavy atom. The molecule has 0 radical (unpaired) electrons. The van der Waals surface area contributed by atoms with Gasteiger partial charge in [0.25, 0.3) is 0 Å². The quantitative estimate of drug-likeness (QED) is 0.515. The van der Waals surface area contributed by atoms with Crippen molar-refractivity contribution in [3.63, 3.8) is 0 Å². The van der Waals surface area contributed by atoms with Crippen molar-refractivity contribution in [3.05, 3.63) is 48.4 Å². The van der Waals surface area contributed by atoms with E-state index in [2.05, 4.69) is 10.2 Å². The second-order valence-electron chi connectivity index (χ2n) is 7.87. The second-order valence-corrected chi connectivity index (χ2v) is 9.18. The van der Waals surface area contributed by atoms with Crippen LogP contribution in [0, 0.1) is 6.92 Å². The van der Waals surface area contributed by atoms with Crippen molar-refractivity contribution in [1.29, 1.82) is 0 Å². The maximum Gasteiger partial charge on any atom is 0.235 e. The lowest BCUT2D eigenvalue weighted by Gasteiger charge is -2.32. The molecule has 7 heteroatoms. The molecule has 158 valence electrons. The van der Waals surface area contributed by atoms with E-state index in [1.165, 1.54) is 31.0 Å². The van der Waals surface area contributed by atoms with E-state index in [9.17, 15) is 4.79 Å². The van der Waals surface area contributed by atoms with E-state index >= 15 is 0 Å². The lowest BCUT2D eigenvalue weighted by Crippen LogP contribution is -2.42. The van der Waals surface area contributed by atoms with Gasteiger partial charge in [-0.2, -0.15) is 0 Å². The van der Waals surface area contributed by atoms with Gasteiger partial charge in [-0.25, -0.2) is 0 Å². The fourth-order valence-electron chi connectivity index (χ4n) is 4.09. The van der Waals surface area contributed by atoms with Crippen LogP contribution in [0.5, 0.6) is 0 Å². The van der Waals surface area contributed by atoms with Crippen LogP contribution >= 0.6 is 11.8 Å². The molecule has 4 rings (SSSR count). The largest absolute Gasteiger partial charge is 0.469 e. The van der Waals surface area contributed by atoms with Crippen molar-refractivity contribution >= 4 is 17.7 Å². The molecule has 1 fully saturated rings. The minimum atomic E-state index is -0.248. The minimum absolute atomic E-state index is 0.149. The average molecular weight is 425 g/mol. The number of hydrogen-bond donors (Lipinski definition) is 0. The fourth-order valence-corrected chi connectivity index (χ4v) is 5.06. The first kappa shape index (κ1) is 20.7. The zero-order valence-electron chi connectivity index (χ0n) is 17.7. The van der Waals surface area contributed by atoms with Gasteiger partial charge in [-0.15, -0.1) is 10.2 Å². The molecule has 1 amide bonds. The molecule has 1 aromatic carbocycles. The SMILES string of the molecule is Cc1occc1-c1nnc(SC(C)C(=O)N(C)C2CCCCC2)n1-c1ccccc1. The Bertz CT molecular complexity index is 992. The van der Waals surface area contributed by atoms with E-state index in [0.29, 0.717) is 11.2 Å². The summed E-state index contributed by atoms with van der Waals surface area (Å²) in [4.78, 5) is 15.1. The van der Waals surface area contributed by atoms with Gasteiger partial charge in [-0.1, -0.05) is 49.2 Å². The van der Waals surface area contributed by atoms with E-state index in [1.807, 2.05) is 66.8 Å². The highest BCUT2D eigenvalue weighted by Gasteiger charge is 2.28. The first-order valence-corrected chi connectivity index (χ1v) is 11.4. The number of carbonyl (C=O) groups is 1. The highest BCUT2D eigenvalue weighted by atomic mass is 32.2. The number of para-hydroxylation sites is 1. The summed E-state index contributed by atoms with van der Waals surface area (Å²) in [5, 5.41) is 9.35. The molecule has 1 aliphatic rings. The first-order valence-electron chi connectivity index (χ1n) is 10.5. The lowest BCUT2D eigenvalue weighted by atomic mass is 9.94. The predicted octanol–water partition coefficient (Wildman–Crippen LogP) is 5.11. The maximum atomic E-state index is 13.1. The predicted molar refractivity (Wildman–Crippen MR) is 119 cm³/mol. The van der Waals surface area contributed by atoms with Crippen LogP contribution in [0.4, 0.5) is 0 Å². The van der Waals surface area contributed by atoms with Crippen molar-refractivity contribution in [2.75, 3.05) is 7.05 Å². The molecule has 6 nitrogen and oxygen atoms in total. The molecular formula is C23H28N4O2S. The Kier molecular flexibility index (Phi) is 6.27. The van der Waals surface area contributed by atoms with Crippen LogP contribution in [0.1, 0.15) is 44.8 Å². The lowest BCUT2D eigenvalue weighted by molar-refractivity contribution is -0.131. The Hall–Kier alpha value is -2.54. The standard InChI is InChI=1S/C23H28N4O2S/c1-16-20(14-15-29-16)21-24-25-23(27(21)19-12-8-5-9-13-19)30-17(2)22(28)26(3)18-10-6-4-7-11-18/h5,8-9,12-15,17-18H,4,6-7,10-11H2,1-3H3. The van der Waals surface area contributed by atoms with Crippen LogP contribution in [0.3, 0.4) is 0 Å². The molecule has 0 spiro atoms. The summed E-state index contributed by atoms with van der Waals surface area (Å²) in [5.74, 6) is 1.66. The van der Waals surface area contributed by atoms with Gasteiger partial charge in [0.05, 0.1) is 17.1 Å². The summed E-state index contributed by atoms with van der Waals surface area (Å²) in [6.07, 6.45) is 7.55. The van der Waals surface area contributed by atoms with E-state index in [4.69, 9.17) is 4.42 Å². The molecule has 3 aromatic rings. The highest BCUT2D eigenvalue weighted by molar-refractivity contribution is 8.00. The summed E-state index contributed by atoms with van der Waals surface area (Å²) in [7, 11) is 1.94. The van der Waals surface area contributed by atoms with Gasteiger partial charge >= 0.3 is 0 Å². The molecule has 0 bridgehead atoms. The zero-order chi connectivity index (χ0) is 21.1. The van der Waals surface area contributed by atoms with Crippen molar-refractivity contribution in [2.24, 2.45) is 0 Å². The minimum Gasteiger partial charge on any atom is -0.469 e. The van der Waals surface area contributed by atoms with E-state index in [0.717, 1.165) is 35.7 Å². The molecule has 1 unspecified atom stereocenters. The number of furan rings is 1. The Labute approximate surface area is 181 Å². The van der Waals surface area contributed by atoms with Gasteiger partial charge in [0.1, 0.15) is 5.76 Å². The molecule has 0 saturated heterocycles. The Balaban J connectivity index is 1.62. The summed E-state index contributed by atoms with van der Waals surface area (Å²) in [6.45, 7) is 3.87. The number of carbonyl (C=O) groups excluding carboxylic acids is 1. The summed E-state index contributed by atoms with van der Waals surface area (Å²) in [5.41, 5.74) is 1.86. The van der Waals surface area contributed by atoms with Crippen LogP contribution in [-0.4, -0.2) is 43.9 Å². The number of aromatic nitrogens is 3. The third kappa shape index (κ3) is 4.17. The zero-order valence-corrected chi connectivity index (χ0v) is 18.6. The van der Waals surface area contributed by atoms with E-state index in [-0.39, 0.29) is 11.2 Å². The van der Waals surface area contributed by atoms with Gasteiger partial charge in [0.2, 0.25) is 5.91 Å². The monoisotopic (exact) mass is 424 g/mol. The molecular weight excluding hydrogens is 396 g/mol. The number of thioether (sulfide) groups is 1. The van der Waals surface area contributed by atoms with Crippen LogP contribution in [0.2, 0.25) is 0 Å². The third-order valence-electron chi connectivity index (χ3n) is 5.85. The van der Waals surface area contributed by atoms with Crippen LogP contribution in [0.15, 0.2) is 52.2 Å². The third-order valence-corrected chi connectivity index (χ3v) is 6.88. The Morgan fingerprint density at radius 1 is 1.17 bits per heavy atom. The molecule has 1 saturated carbocycles. The topological polar surface area (TPSA) is 64.2 Å². The van der Waals surface area contributed by atoms with Gasteiger partial charge in [0, 0.05) is 18.8 Å². The number of aryl methyl sites for hydroxylation is 1. The van der Waals surface area contributed by atoms with Crippen molar-refractivity contribution in [3.8, 4) is 17.1 Å². The summed E-state index contributed by atoms with van der Waals surface area (Å²) in [6, 6.07) is 12.3. The normalized spacial score (nSPS) is 15.8. The number of rotatable bonds is 6. The molecule has 0 aliphatic heterocycles. The summed E-state index contributed by atoms with van der Waals surface area (Å²) < 4.78 is 7.50. The van der Waals surface area contributed by atoms with Gasteiger partial charge in [-0.05, 0) is 44.9 Å². The Morgan fingerprint density at radius 3 is 2.57 bits per heavy atom. The molecule has 1 aliphatic carbocycles. The van der Waals surface area contributed by atoms with Crippen LogP contribution in [0.25, 0.3) is 17.1 Å². The van der Waals surface area contributed by atoms with E-state index < -0.39 is 0 Å². The average Bonchev–Trinajstić information content (AvgIpc) is 3.39. The molecule has 0 N–H and O–H groups in total. The number of benzene rings is 1. The first-order chi connectivity index (χ1) is 14.6. The maximum absolute atomic E-state index is 13.1. The second kappa shape index (κ2) is 9.08. The van der Waals surface area contributed by atoms with Crippen molar-refractivity contribution < 1.29 is 9.21 Å². The fraction of sp³-hybridized carbons (Fsp3) is 0.435. The van der Waals surface area contributed by atoms with E-state index in [1.54, 1.807) is 6.26 Å². The smallest absolute Gasteiger partial charge is 0.235 e. The summed E-state index contributed by atoms with van der Waals surface area (Å²) >= 11 is 1.46. The molecule has 2 aromatic heterocycles. The van der Waals surface area contributed by atoms with Crippen LogP contribution in [-0.2, 0) is 4.79 Å². The van der Waals surface area contributed by atoms with Gasteiger partial charge in [-0.3, -0.25) is 9.36 Å². The highest BCUT2D eigenvalue weighted by Crippen LogP contribution is 2.33. The van der Waals surface area contributed by atoms with Gasteiger partial charge in [0.15, 0.2) is 11.0 Å². The molecule has 1 atom stereocenters. The number of hydrogen-bond acceptors (Lipinski definition) is 5. The number of nitrogens with zero attached hydrogens (tertiary/aromatic N) is 4.